The summed E-state index contributed by atoms with van der Waals surface area (Å²) in [5.74, 6) is -0.435. The van der Waals surface area contributed by atoms with E-state index in [4.69, 9.17) is 21.4 Å². The van der Waals surface area contributed by atoms with Crippen molar-refractivity contribution in [3.8, 4) is 5.06 Å². The van der Waals surface area contributed by atoms with Crippen LogP contribution in [0.3, 0.4) is 0 Å². The Hall–Kier alpha value is -1.34. The number of ether oxygens (including phenoxy) is 1. The number of carboxylic acid groups (broad SMARTS) is 1. The molecule has 28 heavy (non-hydrogen) atoms. The zero-order chi connectivity index (χ0) is 20.5. The van der Waals surface area contributed by atoms with Crippen LogP contribution in [0.5, 0.6) is 5.06 Å². The minimum absolute atomic E-state index is 0.124. The van der Waals surface area contributed by atoms with Gasteiger partial charge in [0, 0.05) is 17.4 Å². The molecule has 3 N–H and O–H groups in total. The van der Waals surface area contributed by atoms with Crippen LogP contribution in [0.25, 0.3) is 0 Å². The van der Waals surface area contributed by atoms with Gasteiger partial charge in [-0.05, 0) is 50.9 Å². The summed E-state index contributed by atoms with van der Waals surface area (Å²) in [6, 6.07) is 1.75. The molecule has 7 heteroatoms. The molecule has 0 aliphatic heterocycles. The molecule has 0 amide bonds. The fourth-order valence-electron chi connectivity index (χ4n) is 3.39. The molecule has 0 bridgehead atoms. The van der Waals surface area contributed by atoms with Crippen LogP contribution in [0.1, 0.15) is 43.4 Å². The quantitative estimate of drug-likeness (QED) is 0.354. The second-order valence-corrected chi connectivity index (χ2v) is 8.82. The van der Waals surface area contributed by atoms with Crippen LogP contribution in [0.2, 0.25) is 5.02 Å². The van der Waals surface area contributed by atoms with Gasteiger partial charge in [0.1, 0.15) is 12.7 Å². The van der Waals surface area contributed by atoms with Gasteiger partial charge < -0.3 is 20.1 Å². The first-order valence-corrected chi connectivity index (χ1v) is 10.9. The molecule has 1 aromatic heterocycles. The lowest BCUT2D eigenvalue weighted by molar-refractivity contribution is -0.137. The molecule has 156 valence electrons. The van der Waals surface area contributed by atoms with Crippen LogP contribution < -0.4 is 4.74 Å². The Bertz CT molecular complexity index is 665. The first-order valence-electron chi connectivity index (χ1n) is 9.66. The van der Waals surface area contributed by atoms with Gasteiger partial charge in [-0.3, -0.25) is 4.79 Å². The standard InChI is InChI=1S/C21H29ClO5S/c1-14-18(22)12-21(28-14)27-13-16(23)10-8-15-9-11-19(24)17(15)6-4-2-3-5-7-20(25)26/h2,4,8,10,12,15-17,19,23-24H,3,5-7,9,11,13H2,1H3,(H,25,26)/b4-2-,10-8+/t15-,16+,17+,19?/m0/s1. The molecule has 0 spiro atoms. The Morgan fingerprint density at radius 2 is 2.21 bits per heavy atom. The number of aryl methyl sites for hydroxylation is 1. The van der Waals surface area contributed by atoms with Crippen molar-refractivity contribution in [2.24, 2.45) is 11.8 Å². The number of aliphatic hydroxyl groups excluding tert-OH is 2. The van der Waals surface area contributed by atoms with Crippen molar-refractivity contribution in [1.82, 2.24) is 0 Å². The Morgan fingerprint density at radius 1 is 1.43 bits per heavy atom. The predicted molar refractivity (Wildman–Crippen MR) is 112 cm³/mol. The number of unbranched alkanes of at least 4 members (excludes halogenated alkanes) is 1. The molecule has 2 rings (SSSR count). The van der Waals surface area contributed by atoms with E-state index in [2.05, 4.69) is 0 Å². The minimum atomic E-state index is -0.773. The largest absolute Gasteiger partial charge is 0.481 e. The number of thiophene rings is 1. The maximum atomic E-state index is 10.5. The summed E-state index contributed by atoms with van der Waals surface area (Å²) in [7, 11) is 0. The van der Waals surface area contributed by atoms with Crippen molar-refractivity contribution in [3.63, 3.8) is 0 Å². The third-order valence-corrected chi connectivity index (χ3v) is 6.46. The number of halogens is 1. The van der Waals surface area contributed by atoms with E-state index >= 15 is 0 Å². The SMILES string of the molecule is Cc1sc(OC[C@H](O)/C=C/[C@H]2CCC(O)[C@@H]2C/C=C\CCCC(=O)O)cc1Cl. The van der Waals surface area contributed by atoms with Crippen LogP contribution in [0.4, 0.5) is 0 Å². The molecule has 1 saturated carbocycles. The number of carbonyl (C=O) groups is 1. The van der Waals surface area contributed by atoms with Crippen LogP contribution in [-0.2, 0) is 4.79 Å². The number of allylic oxidation sites excluding steroid dienone is 3. The van der Waals surface area contributed by atoms with Crippen molar-refractivity contribution in [3.05, 3.63) is 40.3 Å². The van der Waals surface area contributed by atoms with Gasteiger partial charge in [0.15, 0.2) is 5.06 Å². The number of carboxylic acids is 1. The van der Waals surface area contributed by atoms with Crippen molar-refractivity contribution in [2.75, 3.05) is 6.61 Å². The molecule has 1 heterocycles. The first-order chi connectivity index (χ1) is 13.4. The summed E-state index contributed by atoms with van der Waals surface area (Å²) in [6.45, 7) is 2.08. The van der Waals surface area contributed by atoms with Crippen molar-refractivity contribution < 1.29 is 24.9 Å². The van der Waals surface area contributed by atoms with Gasteiger partial charge in [0.2, 0.25) is 0 Å². The summed E-state index contributed by atoms with van der Waals surface area (Å²) in [5, 5.41) is 30.4. The van der Waals surface area contributed by atoms with E-state index in [0.29, 0.717) is 16.5 Å². The molecular formula is C21H29ClO5S. The Balaban J connectivity index is 1.76. The highest BCUT2D eigenvalue weighted by Gasteiger charge is 2.32. The Labute approximate surface area is 175 Å². The second-order valence-electron chi connectivity index (χ2n) is 7.20. The molecule has 4 atom stereocenters. The number of hydrogen-bond donors (Lipinski definition) is 3. The summed E-state index contributed by atoms with van der Waals surface area (Å²) in [5.41, 5.74) is 0. The molecule has 0 saturated heterocycles. The Morgan fingerprint density at radius 3 is 2.89 bits per heavy atom. The molecule has 0 radical (unpaired) electrons. The second kappa shape index (κ2) is 11.6. The van der Waals surface area contributed by atoms with E-state index < -0.39 is 12.1 Å². The van der Waals surface area contributed by atoms with Crippen molar-refractivity contribution >= 4 is 28.9 Å². The van der Waals surface area contributed by atoms with Crippen LogP contribution in [0, 0.1) is 18.8 Å². The zero-order valence-corrected chi connectivity index (χ0v) is 17.7. The summed E-state index contributed by atoms with van der Waals surface area (Å²) >= 11 is 7.46. The number of rotatable bonds is 11. The third kappa shape index (κ3) is 7.59. The molecule has 1 aromatic rings. The van der Waals surface area contributed by atoms with Gasteiger partial charge in [0.05, 0.1) is 11.1 Å². The number of aliphatic carboxylic acids is 1. The van der Waals surface area contributed by atoms with E-state index in [-0.39, 0.29) is 31.0 Å². The van der Waals surface area contributed by atoms with Crippen molar-refractivity contribution in [2.45, 2.75) is 57.7 Å². The molecule has 5 nitrogen and oxygen atoms in total. The van der Waals surface area contributed by atoms with Crippen LogP contribution in [0.15, 0.2) is 30.4 Å². The van der Waals surface area contributed by atoms with E-state index in [1.807, 2.05) is 25.2 Å². The Kier molecular flexibility index (Phi) is 9.51. The predicted octanol–water partition coefficient (Wildman–Crippen LogP) is 4.59. The molecule has 1 aliphatic rings. The lowest BCUT2D eigenvalue weighted by Crippen LogP contribution is -2.19. The molecule has 1 unspecified atom stereocenters. The molecular weight excluding hydrogens is 400 g/mol. The summed E-state index contributed by atoms with van der Waals surface area (Å²) < 4.78 is 5.58. The van der Waals surface area contributed by atoms with Gasteiger partial charge >= 0.3 is 5.97 Å². The molecule has 1 aliphatic carbocycles. The fourth-order valence-corrected chi connectivity index (χ4v) is 4.43. The average Bonchev–Trinajstić information content (AvgIpc) is 3.16. The number of aliphatic hydroxyl groups is 2. The van der Waals surface area contributed by atoms with Gasteiger partial charge in [0.25, 0.3) is 0 Å². The first kappa shape index (κ1) is 22.9. The molecule has 0 aromatic carbocycles. The smallest absolute Gasteiger partial charge is 0.303 e. The fraction of sp³-hybridized carbons (Fsp3) is 0.571. The van der Waals surface area contributed by atoms with Gasteiger partial charge in [-0.1, -0.05) is 35.9 Å². The maximum absolute atomic E-state index is 10.5. The topological polar surface area (TPSA) is 87.0 Å². The highest BCUT2D eigenvalue weighted by Crippen LogP contribution is 2.36. The van der Waals surface area contributed by atoms with E-state index in [1.54, 1.807) is 12.1 Å². The van der Waals surface area contributed by atoms with Crippen molar-refractivity contribution in [1.29, 1.82) is 0 Å². The monoisotopic (exact) mass is 428 g/mol. The minimum Gasteiger partial charge on any atom is -0.481 e. The normalized spacial score (nSPS) is 23.6. The average molecular weight is 429 g/mol. The zero-order valence-electron chi connectivity index (χ0n) is 16.1. The van der Waals surface area contributed by atoms with Crippen LogP contribution in [-0.4, -0.2) is 40.1 Å². The van der Waals surface area contributed by atoms with Crippen LogP contribution >= 0.6 is 22.9 Å². The maximum Gasteiger partial charge on any atom is 0.303 e. The lowest BCUT2D eigenvalue weighted by atomic mass is 9.90. The highest BCUT2D eigenvalue weighted by atomic mass is 35.5. The third-order valence-electron chi connectivity index (χ3n) is 4.99. The highest BCUT2D eigenvalue weighted by molar-refractivity contribution is 7.14. The van der Waals surface area contributed by atoms with Gasteiger partial charge in [-0.2, -0.15) is 0 Å². The lowest BCUT2D eigenvalue weighted by Gasteiger charge is -2.18. The molecule has 1 fully saturated rings. The summed E-state index contributed by atoms with van der Waals surface area (Å²) in [4.78, 5) is 11.5. The van der Waals surface area contributed by atoms with E-state index in [9.17, 15) is 15.0 Å². The number of hydrogen-bond acceptors (Lipinski definition) is 5. The van der Waals surface area contributed by atoms with Gasteiger partial charge in [-0.15, -0.1) is 11.3 Å². The van der Waals surface area contributed by atoms with Gasteiger partial charge in [-0.25, -0.2) is 0 Å². The van der Waals surface area contributed by atoms with E-state index in [0.717, 1.165) is 30.6 Å². The van der Waals surface area contributed by atoms with E-state index in [1.165, 1.54) is 11.3 Å². The summed E-state index contributed by atoms with van der Waals surface area (Å²) in [6.07, 6.45) is 10.6.